The van der Waals surface area contributed by atoms with E-state index in [1.54, 1.807) is 7.11 Å². The van der Waals surface area contributed by atoms with Crippen LogP contribution in [0.1, 0.15) is 38.2 Å². The van der Waals surface area contributed by atoms with Crippen LogP contribution in [0.5, 0.6) is 5.75 Å². The number of carboxylic acids is 2. The molecule has 0 aliphatic carbocycles. The van der Waals surface area contributed by atoms with Gasteiger partial charge in [-0.15, -0.1) is 0 Å². The second-order valence-electron chi connectivity index (χ2n) is 7.82. The third-order valence-electron chi connectivity index (χ3n) is 5.58. The SMILES string of the molecule is COc1ccc(Br)cc1CN1CCC(N2CCCC(C)C2)CC1.O=C(O)C(=O)O. The molecule has 2 fully saturated rings. The van der Waals surface area contributed by atoms with Gasteiger partial charge in [0.2, 0.25) is 0 Å². The number of rotatable bonds is 4. The fourth-order valence-corrected chi connectivity index (χ4v) is 4.52. The zero-order chi connectivity index (χ0) is 21.4. The molecule has 1 aromatic rings. The number of nitrogens with zero attached hydrogens (tertiary/aromatic N) is 2. The van der Waals surface area contributed by atoms with Crippen LogP contribution < -0.4 is 4.74 Å². The lowest BCUT2D eigenvalue weighted by molar-refractivity contribution is -0.159. The number of hydrogen-bond donors (Lipinski definition) is 2. The van der Waals surface area contributed by atoms with Crippen molar-refractivity contribution in [1.82, 2.24) is 9.80 Å². The molecule has 3 rings (SSSR count). The van der Waals surface area contributed by atoms with Gasteiger partial charge in [0.1, 0.15) is 5.75 Å². The van der Waals surface area contributed by atoms with Crippen LogP contribution in [0.15, 0.2) is 22.7 Å². The van der Waals surface area contributed by atoms with Crippen molar-refractivity contribution in [2.24, 2.45) is 5.92 Å². The average molecular weight is 471 g/mol. The molecule has 2 N–H and O–H groups in total. The zero-order valence-corrected chi connectivity index (χ0v) is 18.7. The molecule has 8 heteroatoms. The summed E-state index contributed by atoms with van der Waals surface area (Å²) in [5.41, 5.74) is 1.28. The summed E-state index contributed by atoms with van der Waals surface area (Å²) in [5, 5.41) is 14.8. The van der Waals surface area contributed by atoms with Crippen molar-refractivity contribution >= 4 is 27.9 Å². The van der Waals surface area contributed by atoms with Gasteiger partial charge in [0, 0.05) is 29.2 Å². The van der Waals surface area contributed by atoms with E-state index in [4.69, 9.17) is 24.5 Å². The maximum absolute atomic E-state index is 9.10. The first-order valence-electron chi connectivity index (χ1n) is 10.0. The van der Waals surface area contributed by atoms with Gasteiger partial charge in [0.15, 0.2) is 0 Å². The minimum Gasteiger partial charge on any atom is -0.496 e. The van der Waals surface area contributed by atoms with Crippen LogP contribution >= 0.6 is 15.9 Å². The molecule has 7 nitrogen and oxygen atoms in total. The predicted octanol–water partition coefficient (Wildman–Crippen LogP) is 3.31. The number of piperidine rings is 2. The van der Waals surface area contributed by atoms with Gasteiger partial charge in [0.05, 0.1) is 7.11 Å². The summed E-state index contributed by atoms with van der Waals surface area (Å²) >= 11 is 3.58. The highest BCUT2D eigenvalue weighted by Crippen LogP contribution is 2.27. The van der Waals surface area contributed by atoms with Crippen molar-refractivity contribution in [3.05, 3.63) is 28.2 Å². The lowest BCUT2D eigenvalue weighted by atomic mass is 9.95. The molecular weight excluding hydrogens is 440 g/mol. The van der Waals surface area contributed by atoms with E-state index in [0.29, 0.717) is 0 Å². The van der Waals surface area contributed by atoms with Crippen molar-refractivity contribution in [2.45, 2.75) is 45.2 Å². The van der Waals surface area contributed by atoms with Crippen molar-refractivity contribution in [3.8, 4) is 5.75 Å². The normalized spacial score (nSPS) is 21.1. The molecule has 2 aliphatic rings. The van der Waals surface area contributed by atoms with E-state index in [-0.39, 0.29) is 0 Å². The maximum Gasteiger partial charge on any atom is 0.414 e. The number of methoxy groups -OCH3 is 1. The van der Waals surface area contributed by atoms with Gasteiger partial charge < -0.3 is 19.8 Å². The molecule has 2 heterocycles. The molecule has 0 radical (unpaired) electrons. The first kappa shape index (κ1) is 23.6. The Kier molecular flexibility index (Phi) is 9.39. The molecule has 1 unspecified atom stereocenters. The van der Waals surface area contributed by atoms with E-state index in [1.165, 1.54) is 57.4 Å². The summed E-state index contributed by atoms with van der Waals surface area (Å²) in [4.78, 5) is 23.5. The molecule has 1 atom stereocenters. The molecule has 2 saturated heterocycles. The Bertz CT molecular complexity index is 680. The van der Waals surface area contributed by atoms with Gasteiger partial charge in [-0.3, -0.25) is 4.90 Å². The van der Waals surface area contributed by atoms with Gasteiger partial charge in [-0.05, 0) is 69.4 Å². The van der Waals surface area contributed by atoms with Gasteiger partial charge in [0.25, 0.3) is 0 Å². The Labute approximate surface area is 180 Å². The molecular formula is C21H31BrN2O5. The highest BCUT2D eigenvalue weighted by atomic mass is 79.9. The summed E-state index contributed by atoms with van der Waals surface area (Å²) < 4.78 is 6.64. The van der Waals surface area contributed by atoms with E-state index in [2.05, 4.69) is 44.8 Å². The monoisotopic (exact) mass is 470 g/mol. The van der Waals surface area contributed by atoms with Gasteiger partial charge in [-0.1, -0.05) is 22.9 Å². The second kappa shape index (κ2) is 11.5. The standard InChI is InChI=1S/C19H29BrN2O.C2H2O4/c1-15-4-3-9-22(13-15)18-7-10-21(11-8-18)14-16-12-17(20)5-6-19(16)23-2;3-1(4)2(5)6/h5-6,12,15,18H,3-4,7-11,13-14H2,1-2H3;(H,3,4)(H,5,6). The van der Waals surface area contributed by atoms with Gasteiger partial charge >= 0.3 is 11.9 Å². The van der Waals surface area contributed by atoms with E-state index < -0.39 is 11.9 Å². The molecule has 0 aromatic heterocycles. The highest BCUT2D eigenvalue weighted by Gasteiger charge is 2.27. The van der Waals surface area contributed by atoms with Crippen molar-refractivity contribution in [2.75, 3.05) is 33.3 Å². The number of halogens is 1. The molecule has 0 spiro atoms. The molecule has 29 heavy (non-hydrogen) atoms. The quantitative estimate of drug-likeness (QED) is 0.652. The smallest absolute Gasteiger partial charge is 0.414 e. The lowest BCUT2D eigenvalue weighted by Gasteiger charge is -2.41. The number of benzene rings is 1. The minimum atomic E-state index is -1.82. The van der Waals surface area contributed by atoms with Crippen molar-refractivity contribution in [1.29, 1.82) is 0 Å². The van der Waals surface area contributed by atoms with Gasteiger partial charge in [-0.25, -0.2) is 9.59 Å². The zero-order valence-electron chi connectivity index (χ0n) is 17.1. The first-order valence-corrected chi connectivity index (χ1v) is 10.8. The molecule has 2 aliphatic heterocycles. The number of carbonyl (C=O) groups is 2. The molecule has 0 amide bonds. The Hall–Kier alpha value is -1.64. The number of aliphatic carboxylic acids is 2. The van der Waals surface area contributed by atoms with Crippen LogP contribution in [0.25, 0.3) is 0 Å². The fraction of sp³-hybridized carbons (Fsp3) is 0.619. The lowest BCUT2D eigenvalue weighted by Crippen LogP contribution is -2.48. The Morgan fingerprint density at radius 1 is 1.14 bits per heavy atom. The van der Waals surface area contributed by atoms with Crippen LogP contribution in [0.3, 0.4) is 0 Å². The second-order valence-corrected chi connectivity index (χ2v) is 8.73. The van der Waals surface area contributed by atoms with Crippen LogP contribution in [-0.2, 0) is 16.1 Å². The fourth-order valence-electron chi connectivity index (χ4n) is 4.11. The van der Waals surface area contributed by atoms with E-state index >= 15 is 0 Å². The highest BCUT2D eigenvalue weighted by molar-refractivity contribution is 9.10. The summed E-state index contributed by atoms with van der Waals surface area (Å²) in [6, 6.07) is 7.10. The molecule has 0 bridgehead atoms. The Morgan fingerprint density at radius 3 is 2.34 bits per heavy atom. The van der Waals surface area contributed by atoms with E-state index in [9.17, 15) is 0 Å². The number of hydrogen-bond acceptors (Lipinski definition) is 5. The Balaban J connectivity index is 0.000000438. The third kappa shape index (κ3) is 7.60. The van der Waals surface area contributed by atoms with Crippen LogP contribution in [-0.4, -0.2) is 71.3 Å². The van der Waals surface area contributed by atoms with Crippen molar-refractivity contribution < 1.29 is 24.5 Å². The maximum atomic E-state index is 9.10. The summed E-state index contributed by atoms with van der Waals surface area (Å²) in [6.45, 7) is 8.42. The van der Waals surface area contributed by atoms with Crippen LogP contribution in [0.2, 0.25) is 0 Å². The van der Waals surface area contributed by atoms with Crippen LogP contribution in [0, 0.1) is 5.92 Å². The predicted molar refractivity (Wildman–Crippen MR) is 114 cm³/mol. The summed E-state index contributed by atoms with van der Waals surface area (Å²) in [5.74, 6) is -1.77. The number of likely N-dealkylation sites (tertiary alicyclic amines) is 2. The molecule has 162 valence electrons. The summed E-state index contributed by atoms with van der Waals surface area (Å²) in [6.07, 6.45) is 5.42. The molecule has 1 aromatic carbocycles. The van der Waals surface area contributed by atoms with Crippen molar-refractivity contribution in [3.63, 3.8) is 0 Å². The summed E-state index contributed by atoms with van der Waals surface area (Å²) in [7, 11) is 1.76. The third-order valence-corrected chi connectivity index (χ3v) is 6.07. The van der Waals surface area contributed by atoms with Gasteiger partial charge in [-0.2, -0.15) is 0 Å². The number of ether oxygens (including phenoxy) is 1. The molecule has 0 saturated carbocycles. The van der Waals surface area contributed by atoms with E-state index in [0.717, 1.165) is 28.7 Å². The Morgan fingerprint density at radius 2 is 1.79 bits per heavy atom. The number of carboxylic acid groups (broad SMARTS) is 2. The minimum absolute atomic E-state index is 0.804. The van der Waals surface area contributed by atoms with Crippen LogP contribution in [0.4, 0.5) is 0 Å². The average Bonchev–Trinajstić information content (AvgIpc) is 2.69. The van der Waals surface area contributed by atoms with E-state index in [1.807, 2.05) is 6.07 Å². The first-order chi connectivity index (χ1) is 13.8. The largest absolute Gasteiger partial charge is 0.496 e. The topological polar surface area (TPSA) is 90.3 Å².